The number of allylic oxidation sites excluding steroid dienone is 4. The van der Waals surface area contributed by atoms with E-state index < -0.39 is 0 Å². The number of nitrogens with zero attached hydrogens (tertiary/aromatic N) is 4. The molecule has 188 valence electrons. The van der Waals surface area contributed by atoms with Crippen LogP contribution in [0.2, 0.25) is 0 Å². The van der Waals surface area contributed by atoms with Gasteiger partial charge in [-0.15, -0.1) is 0 Å². The van der Waals surface area contributed by atoms with E-state index in [0.29, 0.717) is 6.54 Å². The predicted molar refractivity (Wildman–Crippen MR) is 141 cm³/mol. The van der Waals surface area contributed by atoms with Crippen molar-refractivity contribution < 1.29 is 13.8 Å². The van der Waals surface area contributed by atoms with Crippen LogP contribution < -0.4 is 0 Å². The molecule has 0 radical (unpaired) electrons. The first-order valence-electron chi connectivity index (χ1n) is 11.7. The van der Waals surface area contributed by atoms with Crippen LogP contribution in [0.5, 0.6) is 0 Å². The van der Waals surface area contributed by atoms with Gasteiger partial charge in [0.15, 0.2) is 0 Å². The summed E-state index contributed by atoms with van der Waals surface area (Å²) in [6.07, 6.45) is 16.3. The van der Waals surface area contributed by atoms with Crippen LogP contribution >= 0.6 is 12.0 Å². The van der Waals surface area contributed by atoms with Gasteiger partial charge < -0.3 is 14.0 Å². The zero-order valence-corrected chi connectivity index (χ0v) is 22.3. The first-order chi connectivity index (χ1) is 15.9. The Balaban J connectivity index is 0.00000497. The van der Waals surface area contributed by atoms with Crippen molar-refractivity contribution in [3.8, 4) is 0 Å². The number of rotatable bonds is 12. The Kier molecular flexibility index (Phi) is 18.0. The van der Waals surface area contributed by atoms with Crippen LogP contribution in [-0.2, 0) is 8.98 Å². The molecule has 1 aliphatic heterocycles. The molecule has 1 aliphatic rings. The topological polar surface area (TPSA) is 56.3 Å². The van der Waals surface area contributed by atoms with Crippen molar-refractivity contribution in [2.75, 3.05) is 59.6 Å². The van der Waals surface area contributed by atoms with Crippen molar-refractivity contribution in [1.29, 1.82) is 0 Å². The molecule has 0 aromatic carbocycles. The fourth-order valence-electron chi connectivity index (χ4n) is 3.14. The number of carbonyl (C=O) groups is 2. The third-order valence-electron chi connectivity index (χ3n) is 5.08. The highest BCUT2D eigenvalue weighted by molar-refractivity contribution is 7.94. The normalized spacial score (nSPS) is 14.7. The van der Waals surface area contributed by atoms with E-state index in [1.54, 1.807) is 11.9 Å². The maximum absolute atomic E-state index is 12.1. The van der Waals surface area contributed by atoms with Crippen LogP contribution in [0, 0.1) is 0 Å². The maximum atomic E-state index is 12.1. The van der Waals surface area contributed by atoms with Crippen LogP contribution in [0.3, 0.4) is 0 Å². The van der Waals surface area contributed by atoms with Gasteiger partial charge >= 0.3 is 6.03 Å². The van der Waals surface area contributed by atoms with Gasteiger partial charge in [0.05, 0.1) is 12.0 Å². The van der Waals surface area contributed by atoms with Gasteiger partial charge in [-0.3, -0.25) is 14.6 Å². The fraction of sp³-hybridized carbons (Fsp3) is 0.600. The number of unbranched alkanes of at least 4 members (excludes halogenated alkanes) is 1. The lowest BCUT2D eigenvalue weighted by molar-refractivity contribution is -0.122. The molecular formula is C25H44N4O3S. The highest BCUT2D eigenvalue weighted by Crippen LogP contribution is 2.09. The summed E-state index contributed by atoms with van der Waals surface area (Å²) < 4.78 is 5.40. The Morgan fingerprint density at radius 2 is 1.76 bits per heavy atom. The van der Waals surface area contributed by atoms with E-state index in [9.17, 15) is 9.59 Å². The third kappa shape index (κ3) is 13.2. The predicted octanol–water partition coefficient (Wildman–Crippen LogP) is 4.77. The van der Waals surface area contributed by atoms with E-state index in [-0.39, 0.29) is 11.9 Å². The summed E-state index contributed by atoms with van der Waals surface area (Å²) in [5, 5.41) is 0. The van der Waals surface area contributed by atoms with Crippen LogP contribution in [0.1, 0.15) is 40.0 Å². The molecular weight excluding hydrogens is 436 g/mol. The second-order valence-corrected chi connectivity index (χ2v) is 7.85. The summed E-state index contributed by atoms with van der Waals surface area (Å²) in [7, 11) is 3.21. The van der Waals surface area contributed by atoms with Gasteiger partial charge in [-0.2, -0.15) is 0 Å². The van der Waals surface area contributed by atoms with Gasteiger partial charge in [-0.05, 0) is 57.2 Å². The van der Waals surface area contributed by atoms with E-state index in [0.717, 1.165) is 68.7 Å². The average molecular weight is 481 g/mol. The molecule has 0 atom stereocenters. The van der Waals surface area contributed by atoms with Gasteiger partial charge in [-0.25, -0.2) is 4.79 Å². The second kappa shape index (κ2) is 19.3. The zero-order chi connectivity index (χ0) is 25.1. The van der Waals surface area contributed by atoms with E-state index in [2.05, 4.69) is 34.7 Å². The molecule has 33 heavy (non-hydrogen) atoms. The molecule has 7 nitrogen and oxygen atoms in total. The highest BCUT2D eigenvalue weighted by Gasteiger charge is 2.18. The molecule has 0 saturated carbocycles. The van der Waals surface area contributed by atoms with E-state index in [1.807, 2.05) is 39.2 Å². The molecule has 1 fully saturated rings. The van der Waals surface area contributed by atoms with E-state index in [4.69, 9.17) is 4.18 Å². The van der Waals surface area contributed by atoms with Gasteiger partial charge in [0.2, 0.25) is 0 Å². The second-order valence-electron chi connectivity index (χ2n) is 7.35. The lowest BCUT2D eigenvalue weighted by Gasteiger charge is -2.34. The molecule has 1 rings (SSSR count). The van der Waals surface area contributed by atoms with Crippen molar-refractivity contribution in [3.05, 3.63) is 48.9 Å². The molecule has 0 spiro atoms. The van der Waals surface area contributed by atoms with Crippen molar-refractivity contribution in [3.63, 3.8) is 0 Å². The van der Waals surface area contributed by atoms with E-state index in [1.165, 1.54) is 19.1 Å². The molecule has 0 unspecified atom stereocenters. The van der Waals surface area contributed by atoms with E-state index >= 15 is 0 Å². The third-order valence-corrected chi connectivity index (χ3v) is 5.44. The number of hydrogen-bond donors (Lipinski definition) is 0. The molecule has 3 amide bonds. The molecule has 0 N–H and O–H groups in total. The minimum atomic E-state index is -0.382. The Morgan fingerprint density at radius 1 is 1.09 bits per heavy atom. The number of amides is 3. The summed E-state index contributed by atoms with van der Waals surface area (Å²) in [5.74, 6) is 0.495. The quantitative estimate of drug-likeness (QED) is 0.132. The van der Waals surface area contributed by atoms with Gasteiger partial charge in [0.1, 0.15) is 5.76 Å². The summed E-state index contributed by atoms with van der Waals surface area (Å²) >= 11 is 1.35. The number of piperazine rings is 1. The van der Waals surface area contributed by atoms with Gasteiger partial charge in [0, 0.05) is 53.1 Å². The summed E-state index contributed by atoms with van der Waals surface area (Å²) in [5.41, 5.74) is 0. The minimum Gasteiger partial charge on any atom is -0.426 e. The molecule has 1 saturated heterocycles. The van der Waals surface area contributed by atoms with Crippen molar-refractivity contribution in [2.24, 2.45) is 0 Å². The monoisotopic (exact) mass is 480 g/mol. The standard InChI is InChI=1S/C23H38N4O3S.C2H6/c1-6-21(30-31-5)13-9-8-10-15-26-17-19-27(20-18-26)16-12-11-14-24(3)23(29)25(4)22(28)7-2;1-2/h6-7,9-10,13,15H,2,8,11-12,14,16-20H2,1,3-5H3;1-2H3/b13-9?,15-10+,21-6+;. The zero-order valence-electron chi connectivity index (χ0n) is 21.5. The molecule has 0 aliphatic carbocycles. The maximum Gasteiger partial charge on any atom is 0.326 e. The fourth-order valence-corrected chi connectivity index (χ4v) is 3.49. The number of hydrogen-bond acceptors (Lipinski definition) is 6. The highest BCUT2D eigenvalue weighted by atomic mass is 32.2. The van der Waals surface area contributed by atoms with Crippen LogP contribution in [0.25, 0.3) is 0 Å². The largest absolute Gasteiger partial charge is 0.426 e. The number of urea groups is 1. The van der Waals surface area contributed by atoms with Crippen molar-refractivity contribution in [2.45, 2.75) is 40.0 Å². The first kappa shape index (κ1) is 30.8. The Bertz CT molecular complexity index is 656. The lowest BCUT2D eigenvalue weighted by Crippen LogP contribution is -2.44. The van der Waals surface area contributed by atoms with Gasteiger partial charge in [-0.1, -0.05) is 32.6 Å². The Hall–Kier alpha value is -2.19. The number of carbonyl (C=O) groups excluding carboxylic acids is 2. The van der Waals surface area contributed by atoms with Crippen molar-refractivity contribution in [1.82, 2.24) is 19.6 Å². The summed E-state index contributed by atoms with van der Waals surface area (Å²) in [4.78, 5) is 31.2. The molecule has 0 bridgehead atoms. The molecule has 0 aromatic rings. The molecule has 1 heterocycles. The van der Waals surface area contributed by atoms with Crippen molar-refractivity contribution >= 4 is 24.0 Å². The average Bonchev–Trinajstić information content (AvgIpc) is 2.86. The SMILES string of the molecule is C=CC(=O)N(C)C(=O)N(C)CCCCN1CCN(/C=C/CC=C/C(=C\C)OSC)CC1.CC. The van der Waals surface area contributed by atoms with Crippen LogP contribution in [-0.4, -0.2) is 91.2 Å². The first-order valence-corrected chi connectivity index (χ1v) is 12.9. The van der Waals surface area contributed by atoms with Crippen LogP contribution in [0.15, 0.2) is 48.9 Å². The molecule has 0 aromatic heterocycles. The Morgan fingerprint density at radius 3 is 2.33 bits per heavy atom. The smallest absolute Gasteiger partial charge is 0.326 e. The number of likely N-dealkylation sites (N-methyl/N-ethyl adjacent to an activating group) is 1. The molecule has 8 heteroatoms. The Labute approximate surface area is 206 Å². The lowest BCUT2D eigenvalue weighted by atomic mass is 10.2. The van der Waals surface area contributed by atoms with Gasteiger partial charge in [0.25, 0.3) is 5.91 Å². The van der Waals surface area contributed by atoms with Crippen LogP contribution in [0.4, 0.5) is 4.79 Å². The minimum absolute atomic E-state index is 0.293. The summed E-state index contributed by atoms with van der Waals surface area (Å²) in [6, 6.07) is -0.293. The summed E-state index contributed by atoms with van der Waals surface area (Å²) in [6.45, 7) is 15.2. The number of imide groups is 1.